The first-order valence-corrected chi connectivity index (χ1v) is 7.33. The molecule has 1 N–H and O–H groups in total. The van der Waals surface area contributed by atoms with Crippen LogP contribution in [0.15, 0.2) is 12.1 Å². The number of nitrogens with one attached hydrogen (secondary N) is 1. The van der Waals surface area contributed by atoms with E-state index in [0.29, 0.717) is 12.2 Å². The fourth-order valence-electron chi connectivity index (χ4n) is 2.95. The van der Waals surface area contributed by atoms with Crippen molar-refractivity contribution in [1.29, 1.82) is 0 Å². The molecule has 3 fully saturated rings. The van der Waals surface area contributed by atoms with Crippen LogP contribution < -0.4 is 10.2 Å². The fourth-order valence-corrected chi connectivity index (χ4v) is 2.95. The van der Waals surface area contributed by atoms with E-state index in [4.69, 9.17) is 4.74 Å². The van der Waals surface area contributed by atoms with Crippen LogP contribution >= 0.6 is 0 Å². The number of hydrogen-bond donors (Lipinski definition) is 1. The van der Waals surface area contributed by atoms with E-state index in [1.807, 2.05) is 0 Å². The normalized spacial score (nSPS) is 29.8. The summed E-state index contributed by atoms with van der Waals surface area (Å²) in [7, 11) is 0. The number of rotatable bonds is 4. The Morgan fingerprint density at radius 1 is 1.11 bits per heavy atom. The number of aromatic nitrogens is 2. The molecule has 4 rings (SSSR count). The third kappa shape index (κ3) is 2.58. The first-order valence-electron chi connectivity index (χ1n) is 7.33. The predicted octanol–water partition coefficient (Wildman–Crippen LogP) is 1.10. The summed E-state index contributed by atoms with van der Waals surface area (Å²) in [5.74, 6) is 0.996. The van der Waals surface area contributed by atoms with Gasteiger partial charge in [0.1, 0.15) is 0 Å². The SMILES string of the molecule is c1cc(N2CC3CCC(C2)O3)nnc1CNC1CC1. The van der Waals surface area contributed by atoms with Crippen molar-refractivity contribution < 1.29 is 4.74 Å². The summed E-state index contributed by atoms with van der Waals surface area (Å²) in [5, 5.41) is 12.2. The number of morpholine rings is 1. The van der Waals surface area contributed by atoms with Crippen LogP contribution in [0.4, 0.5) is 5.82 Å². The molecule has 3 heterocycles. The van der Waals surface area contributed by atoms with E-state index in [9.17, 15) is 0 Å². The number of nitrogens with zero attached hydrogens (tertiary/aromatic N) is 3. The molecule has 1 saturated carbocycles. The Hall–Kier alpha value is -1.20. The molecular weight excluding hydrogens is 240 g/mol. The van der Waals surface area contributed by atoms with Crippen LogP contribution in [-0.2, 0) is 11.3 Å². The van der Waals surface area contributed by atoms with Gasteiger partial charge >= 0.3 is 0 Å². The predicted molar refractivity (Wildman–Crippen MR) is 72.0 cm³/mol. The second-order valence-electron chi connectivity index (χ2n) is 5.90. The lowest BCUT2D eigenvalue weighted by Crippen LogP contribution is -2.43. The highest BCUT2D eigenvalue weighted by molar-refractivity contribution is 5.38. The number of fused-ring (bicyclic) bond motifs is 2. The topological polar surface area (TPSA) is 50.3 Å². The lowest BCUT2D eigenvalue weighted by atomic mass is 10.2. The van der Waals surface area contributed by atoms with Crippen molar-refractivity contribution in [3.8, 4) is 0 Å². The highest BCUT2D eigenvalue weighted by atomic mass is 16.5. The summed E-state index contributed by atoms with van der Waals surface area (Å²) in [6.45, 7) is 2.77. The maximum Gasteiger partial charge on any atom is 0.151 e. The molecule has 2 saturated heterocycles. The van der Waals surface area contributed by atoms with Crippen molar-refractivity contribution in [2.24, 2.45) is 0 Å². The molecule has 2 atom stereocenters. The summed E-state index contributed by atoms with van der Waals surface area (Å²) >= 11 is 0. The minimum atomic E-state index is 0.400. The van der Waals surface area contributed by atoms with Crippen molar-refractivity contribution >= 4 is 5.82 Å². The Morgan fingerprint density at radius 2 is 1.89 bits per heavy atom. The van der Waals surface area contributed by atoms with Crippen LogP contribution in [0, 0.1) is 0 Å². The molecule has 102 valence electrons. The smallest absolute Gasteiger partial charge is 0.151 e. The summed E-state index contributed by atoms with van der Waals surface area (Å²) < 4.78 is 5.84. The van der Waals surface area contributed by atoms with Crippen molar-refractivity contribution in [3.63, 3.8) is 0 Å². The molecule has 19 heavy (non-hydrogen) atoms. The van der Waals surface area contributed by atoms with Gasteiger partial charge in [0.2, 0.25) is 0 Å². The quantitative estimate of drug-likeness (QED) is 0.878. The van der Waals surface area contributed by atoms with Gasteiger partial charge in [0, 0.05) is 25.7 Å². The number of ether oxygens (including phenoxy) is 1. The van der Waals surface area contributed by atoms with Crippen molar-refractivity contribution in [2.75, 3.05) is 18.0 Å². The summed E-state index contributed by atoms with van der Waals surface area (Å²) in [6, 6.07) is 4.91. The average molecular weight is 260 g/mol. The van der Waals surface area contributed by atoms with E-state index < -0.39 is 0 Å². The van der Waals surface area contributed by atoms with Crippen LogP contribution in [0.2, 0.25) is 0 Å². The largest absolute Gasteiger partial charge is 0.371 e. The van der Waals surface area contributed by atoms with E-state index in [0.717, 1.165) is 37.2 Å². The Morgan fingerprint density at radius 3 is 2.53 bits per heavy atom. The van der Waals surface area contributed by atoms with Crippen molar-refractivity contribution in [1.82, 2.24) is 15.5 Å². The van der Waals surface area contributed by atoms with Crippen LogP contribution in [0.25, 0.3) is 0 Å². The molecule has 3 aliphatic rings. The molecule has 2 unspecified atom stereocenters. The van der Waals surface area contributed by atoms with Crippen LogP contribution in [-0.4, -0.2) is 41.5 Å². The first kappa shape index (κ1) is 11.6. The second-order valence-corrected chi connectivity index (χ2v) is 5.90. The molecule has 0 spiro atoms. The third-order valence-electron chi connectivity index (χ3n) is 4.22. The Kier molecular flexibility index (Phi) is 2.89. The number of anilines is 1. The van der Waals surface area contributed by atoms with Crippen LogP contribution in [0.1, 0.15) is 31.4 Å². The molecule has 1 aliphatic carbocycles. The van der Waals surface area contributed by atoms with Crippen molar-refractivity contribution in [2.45, 2.75) is 50.5 Å². The molecule has 0 amide bonds. The van der Waals surface area contributed by atoms with Crippen LogP contribution in [0.3, 0.4) is 0 Å². The van der Waals surface area contributed by atoms with Gasteiger partial charge in [0.05, 0.1) is 17.9 Å². The standard InChI is InChI=1S/C14H20N4O/c1-2-10(1)15-7-11-3-6-14(17-16-11)18-8-12-4-5-13(9-18)19-12/h3,6,10,12-13,15H,1-2,4-5,7-9H2. The van der Waals surface area contributed by atoms with Gasteiger partial charge in [0.25, 0.3) is 0 Å². The first-order chi connectivity index (χ1) is 9.37. The van der Waals surface area contributed by atoms with Gasteiger partial charge < -0.3 is 15.0 Å². The third-order valence-corrected chi connectivity index (χ3v) is 4.22. The minimum Gasteiger partial charge on any atom is -0.371 e. The monoisotopic (exact) mass is 260 g/mol. The highest BCUT2D eigenvalue weighted by Gasteiger charge is 2.34. The lowest BCUT2D eigenvalue weighted by molar-refractivity contribution is 0.0301. The Labute approximate surface area is 113 Å². The maximum absolute atomic E-state index is 5.84. The highest BCUT2D eigenvalue weighted by Crippen LogP contribution is 2.28. The number of hydrogen-bond acceptors (Lipinski definition) is 5. The van der Waals surface area contributed by atoms with Crippen molar-refractivity contribution in [3.05, 3.63) is 17.8 Å². The zero-order chi connectivity index (χ0) is 12.7. The molecule has 5 nitrogen and oxygen atoms in total. The molecule has 1 aromatic heterocycles. The van der Waals surface area contributed by atoms with Gasteiger partial charge in [-0.05, 0) is 37.8 Å². The molecule has 0 radical (unpaired) electrons. The lowest BCUT2D eigenvalue weighted by Gasteiger charge is -2.32. The average Bonchev–Trinajstić information content (AvgIpc) is 3.22. The Balaban J connectivity index is 1.40. The zero-order valence-corrected chi connectivity index (χ0v) is 11.1. The van der Waals surface area contributed by atoms with Crippen LogP contribution in [0.5, 0.6) is 0 Å². The van der Waals surface area contributed by atoms with E-state index in [1.165, 1.54) is 25.7 Å². The molecular formula is C14H20N4O. The summed E-state index contributed by atoms with van der Waals surface area (Å²) in [6.07, 6.45) is 5.80. The van der Waals surface area contributed by atoms with Gasteiger partial charge in [-0.25, -0.2) is 0 Å². The van der Waals surface area contributed by atoms with Gasteiger partial charge in [-0.1, -0.05) is 0 Å². The minimum absolute atomic E-state index is 0.400. The molecule has 2 bridgehead atoms. The van der Waals surface area contributed by atoms with E-state index in [-0.39, 0.29) is 0 Å². The van der Waals surface area contributed by atoms with E-state index in [1.54, 1.807) is 0 Å². The molecule has 5 heteroatoms. The molecule has 1 aromatic rings. The van der Waals surface area contributed by atoms with Gasteiger partial charge in [-0.15, -0.1) is 5.10 Å². The summed E-state index contributed by atoms with van der Waals surface area (Å²) in [4.78, 5) is 2.32. The fraction of sp³-hybridized carbons (Fsp3) is 0.714. The summed E-state index contributed by atoms with van der Waals surface area (Å²) in [5.41, 5.74) is 1.03. The van der Waals surface area contributed by atoms with Gasteiger partial charge in [0.15, 0.2) is 5.82 Å². The molecule has 0 aromatic carbocycles. The van der Waals surface area contributed by atoms with E-state index in [2.05, 4.69) is 32.5 Å². The second kappa shape index (κ2) is 4.72. The van der Waals surface area contributed by atoms with E-state index >= 15 is 0 Å². The molecule has 2 aliphatic heterocycles. The maximum atomic E-state index is 5.84. The van der Waals surface area contributed by atoms with Gasteiger partial charge in [-0.2, -0.15) is 5.10 Å². The zero-order valence-electron chi connectivity index (χ0n) is 11.1. The van der Waals surface area contributed by atoms with Gasteiger partial charge in [-0.3, -0.25) is 0 Å². The Bertz CT molecular complexity index is 433.